The number of rotatable bonds is 4. The lowest BCUT2D eigenvalue weighted by molar-refractivity contribution is -0.137. The van der Waals surface area contributed by atoms with Crippen LogP contribution in [0.25, 0.3) is 0 Å². The molecule has 6 nitrogen and oxygen atoms in total. The number of H-pyrrole nitrogens is 1. The normalized spacial score (nSPS) is 11.2. The summed E-state index contributed by atoms with van der Waals surface area (Å²) in [5.41, 5.74) is -1.07. The molecule has 0 saturated carbocycles. The first kappa shape index (κ1) is 17.9. The molecular formula is C14H13F3N4O2S. The zero-order chi connectivity index (χ0) is 17.7. The molecule has 0 fully saturated rings. The van der Waals surface area contributed by atoms with E-state index in [2.05, 4.69) is 20.6 Å². The molecule has 0 atom stereocenters. The fourth-order valence-corrected chi connectivity index (χ4v) is 2.37. The summed E-state index contributed by atoms with van der Waals surface area (Å²) in [5.74, 6) is 0.649. The van der Waals surface area contributed by atoms with Crippen molar-refractivity contribution in [2.24, 2.45) is 0 Å². The molecule has 0 aliphatic rings. The van der Waals surface area contributed by atoms with Crippen molar-refractivity contribution in [1.82, 2.24) is 9.97 Å². The van der Waals surface area contributed by atoms with E-state index in [1.54, 1.807) is 0 Å². The number of carbonyl (C=O) groups excluding carboxylic acids is 1. The zero-order valence-corrected chi connectivity index (χ0v) is 13.2. The Labute approximate surface area is 138 Å². The van der Waals surface area contributed by atoms with Crippen LogP contribution in [0.2, 0.25) is 0 Å². The van der Waals surface area contributed by atoms with Crippen molar-refractivity contribution in [2.75, 3.05) is 16.4 Å². The summed E-state index contributed by atoms with van der Waals surface area (Å²) in [6, 6.07) is 4.52. The molecule has 24 heavy (non-hydrogen) atoms. The number of aromatic amines is 1. The van der Waals surface area contributed by atoms with Crippen LogP contribution in [0.15, 0.2) is 40.2 Å². The Balaban J connectivity index is 2.04. The van der Waals surface area contributed by atoms with Crippen molar-refractivity contribution >= 4 is 29.4 Å². The first-order chi connectivity index (χ1) is 11.3. The summed E-state index contributed by atoms with van der Waals surface area (Å²) in [4.78, 5) is 29.7. The molecule has 0 bridgehead atoms. The van der Waals surface area contributed by atoms with Crippen molar-refractivity contribution in [3.8, 4) is 0 Å². The highest BCUT2D eigenvalue weighted by Gasteiger charge is 2.29. The summed E-state index contributed by atoms with van der Waals surface area (Å²) >= 11 is 1.33. The predicted octanol–water partition coefficient (Wildman–Crippen LogP) is 3.54. The largest absolute Gasteiger partial charge is 0.416 e. The van der Waals surface area contributed by atoms with Gasteiger partial charge in [0.25, 0.3) is 5.56 Å². The standard InChI is InChI=1S/C14H13F3N4O2S/c1-2-24-11-7-10(22)19-12(20-11)21-13(23)18-9-5-3-8(4-6-9)14(15,16)17/h3-7H,2H2,1H3,(H3,18,19,20,21,22,23). The molecule has 2 rings (SSSR count). The number of benzene rings is 1. The molecule has 2 aromatic rings. The van der Waals surface area contributed by atoms with Crippen molar-refractivity contribution < 1.29 is 18.0 Å². The summed E-state index contributed by atoms with van der Waals surface area (Å²) in [6.45, 7) is 1.89. The topological polar surface area (TPSA) is 86.9 Å². The van der Waals surface area contributed by atoms with Crippen LogP contribution in [0.4, 0.5) is 29.6 Å². The Morgan fingerprint density at radius 2 is 1.92 bits per heavy atom. The van der Waals surface area contributed by atoms with Crippen molar-refractivity contribution in [3.63, 3.8) is 0 Å². The number of alkyl halides is 3. The van der Waals surface area contributed by atoms with Gasteiger partial charge in [0.05, 0.1) is 5.56 Å². The third-order valence-electron chi connectivity index (χ3n) is 2.71. The molecule has 10 heteroatoms. The van der Waals surface area contributed by atoms with Gasteiger partial charge in [0.2, 0.25) is 5.95 Å². The highest BCUT2D eigenvalue weighted by atomic mass is 32.2. The second-order valence-corrected chi connectivity index (χ2v) is 5.80. The SMILES string of the molecule is CCSc1cc(=O)[nH]c(NC(=O)Nc2ccc(C(F)(F)F)cc2)n1. The molecule has 0 unspecified atom stereocenters. The Morgan fingerprint density at radius 3 is 2.50 bits per heavy atom. The lowest BCUT2D eigenvalue weighted by Gasteiger charge is -2.09. The fourth-order valence-electron chi connectivity index (χ4n) is 1.73. The second kappa shape index (κ2) is 7.39. The minimum atomic E-state index is -4.44. The van der Waals surface area contributed by atoms with Crippen molar-refractivity contribution in [1.29, 1.82) is 0 Å². The van der Waals surface area contributed by atoms with Crippen LogP contribution in [-0.2, 0) is 6.18 Å². The number of amides is 2. The van der Waals surface area contributed by atoms with Crippen LogP contribution >= 0.6 is 11.8 Å². The molecule has 0 spiro atoms. The van der Waals surface area contributed by atoms with E-state index in [4.69, 9.17) is 0 Å². The number of anilines is 2. The van der Waals surface area contributed by atoms with Crippen LogP contribution in [0, 0.1) is 0 Å². The summed E-state index contributed by atoms with van der Waals surface area (Å²) in [6.07, 6.45) is -4.44. The maximum absolute atomic E-state index is 12.5. The first-order valence-corrected chi connectivity index (χ1v) is 7.76. The highest BCUT2D eigenvalue weighted by molar-refractivity contribution is 7.99. The number of nitrogens with one attached hydrogen (secondary N) is 3. The van der Waals surface area contributed by atoms with Gasteiger partial charge in [-0.25, -0.2) is 9.78 Å². The fraction of sp³-hybridized carbons (Fsp3) is 0.214. The number of thioether (sulfide) groups is 1. The smallest absolute Gasteiger partial charge is 0.308 e. The van der Waals surface area contributed by atoms with E-state index in [0.29, 0.717) is 10.8 Å². The third kappa shape index (κ3) is 5.01. The number of hydrogen-bond acceptors (Lipinski definition) is 4. The molecule has 2 amide bonds. The van der Waals surface area contributed by atoms with E-state index in [-0.39, 0.29) is 11.6 Å². The zero-order valence-electron chi connectivity index (χ0n) is 12.4. The number of nitrogens with zero attached hydrogens (tertiary/aromatic N) is 1. The van der Waals surface area contributed by atoms with Gasteiger partial charge in [-0.3, -0.25) is 15.1 Å². The van der Waals surface area contributed by atoms with Gasteiger partial charge in [-0.1, -0.05) is 6.92 Å². The monoisotopic (exact) mass is 358 g/mol. The molecule has 0 aliphatic heterocycles. The molecular weight excluding hydrogens is 345 g/mol. The van der Waals surface area contributed by atoms with Crippen LogP contribution in [-0.4, -0.2) is 21.8 Å². The van der Waals surface area contributed by atoms with Crippen LogP contribution in [0.3, 0.4) is 0 Å². The number of halogens is 3. The molecule has 1 aromatic carbocycles. The molecule has 0 radical (unpaired) electrons. The van der Waals surface area contributed by atoms with Gasteiger partial charge in [0.15, 0.2) is 0 Å². The average Bonchev–Trinajstić information content (AvgIpc) is 2.46. The lowest BCUT2D eigenvalue weighted by Crippen LogP contribution is -2.23. The van der Waals surface area contributed by atoms with Crippen molar-refractivity contribution in [2.45, 2.75) is 18.1 Å². The summed E-state index contributed by atoms with van der Waals surface area (Å²) < 4.78 is 37.4. The molecule has 3 N–H and O–H groups in total. The van der Waals surface area contributed by atoms with Crippen molar-refractivity contribution in [3.05, 3.63) is 46.2 Å². The minimum Gasteiger partial charge on any atom is -0.308 e. The number of aromatic nitrogens is 2. The van der Waals surface area contributed by atoms with Gasteiger partial charge < -0.3 is 5.32 Å². The van der Waals surface area contributed by atoms with Gasteiger partial charge in [-0.05, 0) is 30.0 Å². The molecule has 1 aromatic heterocycles. The van der Waals surface area contributed by atoms with E-state index in [0.717, 1.165) is 24.3 Å². The Kier molecular flexibility index (Phi) is 5.50. The van der Waals surface area contributed by atoms with Gasteiger partial charge in [0.1, 0.15) is 5.03 Å². The summed E-state index contributed by atoms with van der Waals surface area (Å²) in [5, 5.41) is 5.13. The third-order valence-corrected chi connectivity index (χ3v) is 3.51. The predicted molar refractivity (Wildman–Crippen MR) is 85.3 cm³/mol. The Bertz CT molecular complexity index is 775. The van der Waals surface area contributed by atoms with Gasteiger partial charge >= 0.3 is 12.2 Å². The molecule has 0 saturated heterocycles. The minimum absolute atomic E-state index is 0.0529. The second-order valence-electron chi connectivity index (χ2n) is 4.52. The van der Waals surface area contributed by atoms with Crippen LogP contribution < -0.4 is 16.2 Å². The number of hydrogen-bond donors (Lipinski definition) is 3. The Morgan fingerprint density at radius 1 is 1.25 bits per heavy atom. The van der Waals surface area contributed by atoms with E-state index >= 15 is 0 Å². The van der Waals surface area contributed by atoms with Gasteiger partial charge in [-0.15, -0.1) is 11.8 Å². The van der Waals surface area contributed by atoms with E-state index in [1.807, 2.05) is 6.92 Å². The molecule has 0 aliphatic carbocycles. The molecule has 128 valence electrons. The van der Waals surface area contributed by atoms with E-state index in [9.17, 15) is 22.8 Å². The Hall–Kier alpha value is -2.49. The first-order valence-electron chi connectivity index (χ1n) is 6.77. The van der Waals surface area contributed by atoms with Gasteiger partial charge in [0, 0.05) is 11.8 Å². The average molecular weight is 358 g/mol. The van der Waals surface area contributed by atoms with E-state index < -0.39 is 23.3 Å². The van der Waals surface area contributed by atoms with Crippen LogP contribution in [0.1, 0.15) is 12.5 Å². The number of carbonyl (C=O) groups is 1. The maximum atomic E-state index is 12.5. The van der Waals surface area contributed by atoms with E-state index in [1.165, 1.54) is 17.8 Å². The van der Waals surface area contributed by atoms with Gasteiger partial charge in [-0.2, -0.15) is 13.2 Å². The highest BCUT2D eigenvalue weighted by Crippen LogP contribution is 2.29. The lowest BCUT2D eigenvalue weighted by atomic mass is 10.2. The summed E-state index contributed by atoms with van der Waals surface area (Å²) in [7, 11) is 0. The maximum Gasteiger partial charge on any atom is 0.416 e. The van der Waals surface area contributed by atoms with Crippen LogP contribution in [0.5, 0.6) is 0 Å². The number of urea groups is 1. The molecule has 1 heterocycles. The quantitative estimate of drug-likeness (QED) is 0.576.